The molecule has 0 atom stereocenters. The molecule has 0 aliphatic rings. The first-order chi connectivity index (χ1) is 5.29. The van der Waals surface area contributed by atoms with Crippen molar-refractivity contribution in [1.29, 1.82) is 0 Å². The first-order valence-corrected chi connectivity index (χ1v) is 4.00. The van der Waals surface area contributed by atoms with Crippen molar-refractivity contribution in [3.8, 4) is 0 Å². The van der Waals surface area contributed by atoms with Gasteiger partial charge in [-0.15, -0.1) is 0 Å². The Morgan fingerprint density at radius 2 is 2.36 bits per heavy atom. The van der Waals surface area contributed by atoms with Crippen molar-refractivity contribution in [3.05, 3.63) is 23.1 Å². The molecule has 4 heteroatoms. The first kappa shape index (κ1) is 6.79. The van der Waals surface area contributed by atoms with E-state index in [9.17, 15) is 0 Å². The van der Waals surface area contributed by atoms with Crippen molar-refractivity contribution >= 4 is 26.8 Å². The van der Waals surface area contributed by atoms with Crippen LogP contribution in [0.2, 0.25) is 0 Å². The maximum absolute atomic E-state index is 4.10. The molecular formula is C7H6BrN3. The highest BCUT2D eigenvalue weighted by atomic mass is 79.9. The summed E-state index contributed by atoms with van der Waals surface area (Å²) < 4.78 is 2.64. The molecule has 2 heterocycles. The number of hydrogen-bond donors (Lipinski definition) is 0. The molecule has 0 bridgehead atoms. The summed E-state index contributed by atoms with van der Waals surface area (Å²) in [4.78, 5) is 4.10. The van der Waals surface area contributed by atoms with E-state index in [0.29, 0.717) is 0 Å². The highest BCUT2D eigenvalue weighted by molar-refractivity contribution is 9.10. The summed E-state index contributed by atoms with van der Waals surface area (Å²) in [6, 6.07) is 1.94. The summed E-state index contributed by atoms with van der Waals surface area (Å²) in [5.41, 5.74) is 1.03. The van der Waals surface area contributed by atoms with Crippen molar-refractivity contribution in [2.24, 2.45) is 7.05 Å². The zero-order valence-corrected chi connectivity index (χ0v) is 7.54. The van der Waals surface area contributed by atoms with Crippen LogP contribution >= 0.6 is 15.9 Å². The fourth-order valence-corrected chi connectivity index (χ4v) is 1.68. The van der Waals surface area contributed by atoms with E-state index in [-0.39, 0.29) is 0 Å². The lowest BCUT2D eigenvalue weighted by atomic mass is 10.3. The third kappa shape index (κ3) is 0.939. The average Bonchev–Trinajstić information content (AvgIpc) is 2.34. The number of halogens is 1. The summed E-state index contributed by atoms with van der Waals surface area (Å²) in [5, 5.41) is 5.21. The van der Waals surface area contributed by atoms with Crippen molar-refractivity contribution in [3.63, 3.8) is 0 Å². The Bertz CT molecular complexity index is 393. The van der Waals surface area contributed by atoms with Gasteiger partial charge in [0.05, 0.1) is 6.20 Å². The van der Waals surface area contributed by atoms with Gasteiger partial charge in [0, 0.05) is 18.6 Å². The molecule has 0 amide bonds. The van der Waals surface area contributed by atoms with Crippen LogP contribution in [0.4, 0.5) is 0 Å². The number of nitrogens with zero attached hydrogens (tertiary/aromatic N) is 3. The Hall–Kier alpha value is -0.900. The largest absolute Gasteiger partial charge is 0.265 e. The quantitative estimate of drug-likeness (QED) is 0.622. The molecule has 56 valence electrons. The fourth-order valence-electron chi connectivity index (χ4n) is 1.07. The Kier molecular flexibility index (Phi) is 1.42. The molecule has 2 aromatic heterocycles. The normalized spacial score (nSPS) is 10.7. The van der Waals surface area contributed by atoms with Gasteiger partial charge in [0.1, 0.15) is 10.1 Å². The van der Waals surface area contributed by atoms with Crippen molar-refractivity contribution in [2.45, 2.75) is 0 Å². The Morgan fingerprint density at radius 3 is 3.09 bits per heavy atom. The van der Waals surface area contributed by atoms with Gasteiger partial charge in [0.15, 0.2) is 0 Å². The summed E-state index contributed by atoms with van der Waals surface area (Å²) in [6.45, 7) is 0. The smallest absolute Gasteiger partial charge is 0.131 e. The molecule has 0 radical (unpaired) electrons. The van der Waals surface area contributed by atoms with E-state index in [1.807, 2.05) is 19.3 Å². The van der Waals surface area contributed by atoms with Crippen LogP contribution in [0.3, 0.4) is 0 Å². The molecule has 2 aromatic rings. The van der Waals surface area contributed by atoms with Gasteiger partial charge >= 0.3 is 0 Å². The van der Waals surface area contributed by atoms with E-state index in [0.717, 1.165) is 15.5 Å². The van der Waals surface area contributed by atoms with Crippen LogP contribution in [0, 0.1) is 0 Å². The maximum atomic E-state index is 4.10. The van der Waals surface area contributed by atoms with Gasteiger partial charge in [-0.2, -0.15) is 5.10 Å². The molecule has 0 saturated carbocycles. The van der Waals surface area contributed by atoms with Crippen LogP contribution in [-0.4, -0.2) is 14.8 Å². The van der Waals surface area contributed by atoms with E-state index < -0.39 is 0 Å². The van der Waals surface area contributed by atoms with E-state index >= 15 is 0 Å². The molecule has 0 aromatic carbocycles. The van der Waals surface area contributed by atoms with Crippen LogP contribution in [0.15, 0.2) is 23.1 Å². The predicted octanol–water partition coefficient (Wildman–Crippen LogP) is 1.73. The molecule has 0 unspecified atom stereocenters. The summed E-state index contributed by atoms with van der Waals surface area (Å²) >= 11 is 3.35. The lowest BCUT2D eigenvalue weighted by molar-refractivity contribution is 0.793. The molecule has 0 aliphatic carbocycles. The highest BCUT2D eigenvalue weighted by Gasteiger charge is 2.02. The Balaban J connectivity index is 2.96. The summed E-state index contributed by atoms with van der Waals surface area (Å²) in [7, 11) is 1.90. The van der Waals surface area contributed by atoms with Gasteiger partial charge in [0.2, 0.25) is 0 Å². The Labute approximate surface area is 72.2 Å². The third-order valence-corrected chi connectivity index (χ3v) is 2.18. The van der Waals surface area contributed by atoms with Crippen LogP contribution in [0.1, 0.15) is 0 Å². The second-order valence-corrected chi connectivity index (χ2v) is 3.06. The second-order valence-electron chi connectivity index (χ2n) is 2.31. The summed E-state index contributed by atoms with van der Waals surface area (Å²) in [6.07, 6.45) is 3.58. The van der Waals surface area contributed by atoms with E-state index in [2.05, 4.69) is 26.0 Å². The molecule has 2 rings (SSSR count). The van der Waals surface area contributed by atoms with Gasteiger partial charge in [-0.25, -0.2) is 4.98 Å². The average molecular weight is 212 g/mol. The Morgan fingerprint density at radius 1 is 1.55 bits per heavy atom. The van der Waals surface area contributed by atoms with Crippen LogP contribution in [0.5, 0.6) is 0 Å². The van der Waals surface area contributed by atoms with E-state index in [1.165, 1.54) is 0 Å². The SMILES string of the molecule is Cn1ncc2ccnc(Br)c21. The minimum absolute atomic E-state index is 0.843. The lowest BCUT2D eigenvalue weighted by Crippen LogP contribution is -1.90. The predicted molar refractivity (Wildman–Crippen MR) is 46.2 cm³/mol. The van der Waals surface area contributed by atoms with Crippen LogP contribution < -0.4 is 0 Å². The highest BCUT2D eigenvalue weighted by Crippen LogP contribution is 2.19. The summed E-state index contributed by atoms with van der Waals surface area (Å²) in [5.74, 6) is 0. The fraction of sp³-hybridized carbons (Fsp3) is 0.143. The van der Waals surface area contributed by atoms with E-state index in [4.69, 9.17) is 0 Å². The molecule has 0 fully saturated rings. The lowest BCUT2D eigenvalue weighted by Gasteiger charge is -1.94. The number of fused-ring (bicyclic) bond motifs is 1. The van der Waals surface area contributed by atoms with Crippen LogP contribution in [-0.2, 0) is 7.05 Å². The van der Waals surface area contributed by atoms with Crippen molar-refractivity contribution in [1.82, 2.24) is 14.8 Å². The number of pyridine rings is 1. The third-order valence-electron chi connectivity index (χ3n) is 1.60. The van der Waals surface area contributed by atoms with Gasteiger partial charge in [-0.3, -0.25) is 4.68 Å². The topological polar surface area (TPSA) is 30.7 Å². The standard InChI is InChI=1S/C7H6BrN3/c1-11-6-5(4-10-11)2-3-9-7(6)8/h2-4H,1H3. The molecule has 0 aliphatic heterocycles. The number of hydrogen-bond acceptors (Lipinski definition) is 2. The zero-order chi connectivity index (χ0) is 7.84. The minimum Gasteiger partial charge on any atom is -0.265 e. The monoisotopic (exact) mass is 211 g/mol. The van der Waals surface area contributed by atoms with Gasteiger partial charge in [-0.05, 0) is 22.0 Å². The molecule has 11 heavy (non-hydrogen) atoms. The molecule has 3 nitrogen and oxygen atoms in total. The van der Waals surface area contributed by atoms with Gasteiger partial charge in [-0.1, -0.05) is 0 Å². The zero-order valence-electron chi connectivity index (χ0n) is 5.95. The number of rotatable bonds is 0. The second kappa shape index (κ2) is 2.30. The number of aryl methyl sites for hydroxylation is 1. The van der Waals surface area contributed by atoms with Crippen molar-refractivity contribution < 1.29 is 0 Å². The number of aromatic nitrogens is 3. The van der Waals surface area contributed by atoms with E-state index in [1.54, 1.807) is 10.9 Å². The molecule has 0 spiro atoms. The van der Waals surface area contributed by atoms with Crippen LogP contribution in [0.25, 0.3) is 10.9 Å². The van der Waals surface area contributed by atoms with Gasteiger partial charge < -0.3 is 0 Å². The molecular weight excluding hydrogens is 206 g/mol. The molecule has 0 saturated heterocycles. The van der Waals surface area contributed by atoms with Crippen molar-refractivity contribution in [2.75, 3.05) is 0 Å². The minimum atomic E-state index is 0.843. The maximum Gasteiger partial charge on any atom is 0.131 e. The van der Waals surface area contributed by atoms with Gasteiger partial charge in [0.25, 0.3) is 0 Å². The first-order valence-electron chi connectivity index (χ1n) is 3.21. The molecule has 0 N–H and O–H groups in total.